The van der Waals surface area contributed by atoms with Crippen LogP contribution in [0.2, 0.25) is 5.15 Å². The van der Waals surface area contributed by atoms with E-state index in [0.717, 1.165) is 5.52 Å². The van der Waals surface area contributed by atoms with Gasteiger partial charge in [0.1, 0.15) is 11.2 Å². The van der Waals surface area contributed by atoms with Crippen molar-refractivity contribution in [1.29, 1.82) is 5.26 Å². The molecule has 2 N–H and O–H groups in total. The van der Waals surface area contributed by atoms with Crippen LogP contribution in [0.3, 0.4) is 0 Å². The number of fused-ring (bicyclic) bond motifs is 1. The SMILES string of the molecule is N#Cc1nc(Cl)cc2[nH]c[nH+]c12. The van der Waals surface area contributed by atoms with E-state index in [9.17, 15) is 0 Å². The van der Waals surface area contributed by atoms with Crippen LogP contribution in [-0.2, 0) is 0 Å². The maximum absolute atomic E-state index is 8.67. The first kappa shape index (κ1) is 7.07. The fourth-order valence-corrected chi connectivity index (χ4v) is 1.23. The van der Waals surface area contributed by atoms with Crippen molar-refractivity contribution >= 4 is 22.6 Å². The van der Waals surface area contributed by atoms with Gasteiger partial charge in [-0.3, -0.25) is 0 Å². The third kappa shape index (κ3) is 0.917. The Kier molecular flexibility index (Phi) is 1.45. The van der Waals surface area contributed by atoms with Gasteiger partial charge in [-0.15, -0.1) is 0 Å². The van der Waals surface area contributed by atoms with Gasteiger partial charge in [0.15, 0.2) is 11.2 Å². The Labute approximate surface area is 72.8 Å². The largest absolute Gasteiger partial charge is 0.243 e. The number of aromatic nitrogens is 3. The number of hydrogen-bond acceptors (Lipinski definition) is 2. The van der Waals surface area contributed by atoms with Crippen LogP contribution in [0.25, 0.3) is 11.0 Å². The van der Waals surface area contributed by atoms with Gasteiger partial charge in [-0.1, -0.05) is 11.6 Å². The van der Waals surface area contributed by atoms with Crippen LogP contribution in [0.15, 0.2) is 12.4 Å². The molecule has 0 bridgehead atoms. The second-order valence-corrected chi connectivity index (χ2v) is 2.65. The number of nitriles is 1. The smallest absolute Gasteiger partial charge is 0.240 e. The van der Waals surface area contributed by atoms with E-state index in [0.29, 0.717) is 16.4 Å². The van der Waals surface area contributed by atoms with E-state index in [1.165, 1.54) is 0 Å². The zero-order chi connectivity index (χ0) is 8.55. The predicted octanol–water partition coefficient (Wildman–Crippen LogP) is 0.902. The number of hydrogen-bond donors (Lipinski definition) is 1. The van der Waals surface area contributed by atoms with Crippen molar-refractivity contribution in [2.75, 3.05) is 0 Å². The van der Waals surface area contributed by atoms with Crippen LogP contribution in [0.1, 0.15) is 5.69 Å². The summed E-state index contributed by atoms with van der Waals surface area (Å²) in [5, 5.41) is 8.99. The number of rotatable bonds is 0. The number of nitrogens with one attached hydrogen (secondary N) is 2. The lowest BCUT2D eigenvalue weighted by molar-refractivity contribution is -0.344. The molecule has 12 heavy (non-hydrogen) atoms. The molecule has 0 aliphatic carbocycles. The molecule has 0 atom stereocenters. The highest BCUT2D eigenvalue weighted by molar-refractivity contribution is 6.30. The van der Waals surface area contributed by atoms with Crippen LogP contribution in [0, 0.1) is 11.3 Å². The lowest BCUT2D eigenvalue weighted by Gasteiger charge is -1.88. The third-order valence-electron chi connectivity index (χ3n) is 1.54. The number of aromatic amines is 2. The maximum Gasteiger partial charge on any atom is 0.240 e. The highest BCUT2D eigenvalue weighted by Crippen LogP contribution is 2.14. The lowest BCUT2D eigenvalue weighted by Crippen LogP contribution is -1.99. The van der Waals surface area contributed by atoms with Crippen LogP contribution in [0.5, 0.6) is 0 Å². The first-order chi connectivity index (χ1) is 5.81. The molecular formula is C7H4ClN4+. The number of H-pyrrole nitrogens is 2. The first-order valence-electron chi connectivity index (χ1n) is 3.26. The molecule has 0 radical (unpaired) electrons. The van der Waals surface area contributed by atoms with Crippen molar-refractivity contribution in [1.82, 2.24) is 9.97 Å². The zero-order valence-electron chi connectivity index (χ0n) is 5.93. The Morgan fingerprint density at radius 1 is 1.67 bits per heavy atom. The maximum atomic E-state index is 8.67. The molecule has 0 amide bonds. The Balaban J connectivity index is 2.91. The second-order valence-electron chi connectivity index (χ2n) is 2.26. The van der Waals surface area contributed by atoms with E-state index in [1.807, 2.05) is 6.07 Å². The van der Waals surface area contributed by atoms with Gasteiger partial charge in [0.2, 0.25) is 11.8 Å². The Hall–Kier alpha value is -1.60. The molecule has 0 saturated heterocycles. The second kappa shape index (κ2) is 2.47. The standard InChI is InChI=1S/C7H3ClN4/c8-6-1-4-7(11-3-10-4)5(2-9)12-6/h1,3H,(H,10,11)/p+1. The van der Waals surface area contributed by atoms with E-state index < -0.39 is 0 Å². The molecule has 5 heteroatoms. The van der Waals surface area contributed by atoms with E-state index in [1.54, 1.807) is 12.4 Å². The van der Waals surface area contributed by atoms with Crippen molar-refractivity contribution < 1.29 is 4.98 Å². The summed E-state index contributed by atoms with van der Waals surface area (Å²) >= 11 is 5.66. The predicted molar refractivity (Wildman–Crippen MR) is 42.4 cm³/mol. The minimum Gasteiger partial charge on any atom is -0.243 e. The average molecular weight is 180 g/mol. The molecule has 2 heterocycles. The van der Waals surface area contributed by atoms with E-state index in [2.05, 4.69) is 15.0 Å². The van der Waals surface area contributed by atoms with Gasteiger partial charge in [-0.2, -0.15) is 5.26 Å². The molecule has 0 aromatic carbocycles. The summed E-state index contributed by atoms with van der Waals surface area (Å²) in [6, 6.07) is 3.61. The van der Waals surface area contributed by atoms with Crippen molar-refractivity contribution in [2.45, 2.75) is 0 Å². The van der Waals surface area contributed by atoms with Crippen LogP contribution in [-0.4, -0.2) is 9.97 Å². The Morgan fingerprint density at radius 3 is 3.25 bits per heavy atom. The van der Waals surface area contributed by atoms with Gasteiger partial charge < -0.3 is 0 Å². The number of halogens is 1. The minimum absolute atomic E-state index is 0.304. The normalized spacial score (nSPS) is 10.0. The first-order valence-corrected chi connectivity index (χ1v) is 3.64. The monoisotopic (exact) mass is 179 g/mol. The summed E-state index contributed by atoms with van der Waals surface area (Å²) in [6.45, 7) is 0. The highest BCUT2D eigenvalue weighted by atomic mass is 35.5. The summed E-state index contributed by atoms with van der Waals surface area (Å²) in [5.41, 5.74) is 1.77. The third-order valence-corrected chi connectivity index (χ3v) is 1.73. The van der Waals surface area contributed by atoms with Crippen molar-refractivity contribution in [3.8, 4) is 6.07 Å². The molecule has 58 valence electrons. The fraction of sp³-hybridized carbons (Fsp3) is 0. The van der Waals surface area contributed by atoms with Gasteiger partial charge in [0, 0.05) is 6.07 Å². The van der Waals surface area contributed by atoms with Crippen LogP contribution < -0.4 is 4.98 Å². The van der Waals surface area contributed by atoms with Gasteiger partial charge in [0.25, 0.3) is 0 Å². The number of pyridine rings is 1. The number of nitrogens with zero attached hydrogens (tertiary/aromatic N) is 2. The zero-order valence-corrected chi connectivity index (χ0v) is 6.68. The molecule has 0 aliphatic heterocycles. The molecular weight excluding hydrogens is 176 g/mol. The molecule has 2 aromatic rings. The molecule has 0 saturated carbocycles. The summed E-state index contributed by atoms with van der Waals surface area (Å²) in [7, 11) is 0. The molecule has 0 fully saturated rings. The Bertz CT molecular complexity index is 468. The Morgan fingerprint density at radius 2 is 2.50 bits per heavy atom. The van der Waals surface area contributed by atoms with Crippen molar-refractivity contribution in [3.05, 3.63) is 23.2 Å². The molecule has 0 aliphatic rings. The molecule has 0 spiro atoms. The fourth-order valence-electron chi connectivity index (χ4n) is 1.04. The molecule has 2 aromatic heterocycles. The lowest BCUT2D eigenvalue weighted by atomic mass is 10.3. The summed E-state index contributed by atoms with van der Waals surface area (Å²) < 4.78 is 0. The van der Waals surface area contributed by atoms with E-state index in [4.69, 9.17) is 16.9 Å². The summed E-state index contributed by atoms with van der Waals surface area (Å²) in [5.74, 6) is 0. The molecule has 0 unspecified atom stereocenters. The number of imidazole rings is 1. The summed E-state index contributed by atoms with van der Waals surface area (Å²) in [6.07, 6.45) is 1.63. The molecule has 4 nitrogen and oxygen atoms in total. The van der Waals surface area contributed by atoms with Crippen molar-refractivity contribution in [2.24, 2.45) is 0 Å². The van der Waals surface area contributed by atoms with Crippen LogP contribution in [0.4, 0.5) is 0 Å². The van der Waals surface area contributed by atoms with E-state index in [-0.39, 0.29) is 0 Å². The minimum atomic E-state index is 0.304. The van der Waals surface area contributed by atoms with Crippen LogP contribution >= 0.6 is 11.6 Å². The average Bonchev–Trinajstić information content (AvgIpc) is 2.50. The van der Waals surface area contributed by atoms with Gasteiger partial charge in [0.05, 0.1) is 0 Å². The molecule has 2 rings (SSSR count). The van der Waals surface area contributed by atoms with Crippen molar-refractivity contribution in [3.63, 3.8) is 0 Å². The topological polar surface area (TPSA) is 66.6 Å². The quantitative estimate of drug-likeness (QED) is 0.611. The highest BCUT2D eigenvalue weighted by Gasteiger charge is 2.10. The van der Waals surface area contributed by atoms with Gasteiger partial charge in [-0.05, 0) is 0 Å². The summed E-state index contributed by atoms with van der Waals surface area (Å²) in [4.78, 5) is 9.62. The van der Waals surface area contributed by atoms with Gasteiger partial charge in [-0.25, -0.2) is 15.0 Å². The van der Waals surface area contributed by atoms with E-state index >= 15 is 0 Å². The van der Waals surface area contributed by atoms with Gasteiger partial charge >= 0.3 is 0 Å².